The van der Waals surface area contributed by atoms with Gasteiger partial charge in [-0.15, -0.1) is 0 Å². The highest BCUT2D eigenvalue weighted by Gasteiger charge is 2.40. The minimum Gasteiger partial charge on any atom is -0.444 e. The van der Waals surface area contributed by atoms with Crippen molar-refractivity contribution in [1.29, 1.82) is 0 Å². The third-order valence-electron chi connectivity index (χ3n) is 5.72. The molecule has 0 spiro atoms. The van der Waals surface area contributed by atoms with Crippen LogP contribution in [0.25, 0.3) is 0 Å². The third kappa shape index (κ3) is 10.7. The van der Waals surface area contributed by atoms with Crippen molar-refractivity contribution in [3.8, 4) is 0 Å². The van der Waals surface area contributed by atoms with Gasteiger partial charge >= 0.3 is 6.09 Å². The van der Waals surface area contributed by atoms with Crippen LogP contribution in [0.5, 0.6) is 0 Å². The van der Waals surface area contributed by atoms with Gasteiger partial charge in [0.15, 0.2) is 5.60 Å². The topological polar surface area (TPSA) is 128 Å². The number of nitrogens with one attached hydrogen (secondary N) is 2. The van der Waals surface area contributed by atoms with Crippen molar-refractivity contribution in [3.63, 3.8) is 0 Å². The van der Waals surface area contributed by atoms with E-state index in [0.29, 0.717) is 24.8 Å². The minimum atomic E-state index is -2.13. The number of ether oxygens (including phenoxy) is 1. The van der Waals surface area contributed by atoms with Crippen LogP contribution in [-0.4, -0.2) is 63.8 Å². The molecule has 0 aromatic heterocycles. The van der Waals surface area contributed by atoms with E-state index in [2.05, 4.69) is 10.6 Å². The first kappa shape index (κ1) is 27.7. The zero-order valence-corrected chi connectivity index (χ0v) is 19.9. The zero-order chi connectivity index (χ0) is 23.7. The third-order valence-corrected chi connectivity index (χ3v) is 5.72. The second kappa shape index (κ2) is 12.6. The normalized spacial score (nSPS) is 19.4. The predicted octanol–water partition coefficient (Wildman–Crippen LogP) is 2.49. The molecule has 0 saturated heterocycles. The number of aliphatic hydroxyl groups excluding tert-OH is 2. The molecule has 182 valence electrons. The number of aliphatic hydroxyl groups is 3. The number of amides is 2. The van der Waals surface area contributed by atoms with Crippen LogP contribution < -0.4 is 10.6 Å². The van der Waals surface area contributed by atoms with Gasteiger partial charge in [-0.25, -0.2) is 4.79 Å². The first-order valence-electron chi connectivity index (χ1n) is 11.7. The van der Waals surface area contributed by atoms with Crippen LogP contribution in [-0.2, 0) is 9.53 Å². The van der Waals surface area contributed by atoms with Gasteiger partial charge < -0.3 is 30.7 Å². The van der Waals surface area contributed by atoms with Gasteiger partial charge in [0.25, 0.3) is 5.91 Å². The molecule has 3 atom stereocenters. The van der Waals surface area contributed by atoms with E-state index in [1.807, 2.05) is 13.8 Å². The number of hydrogen-bond donors (Lipinski definition) is 5. The van der Waals surface area contributed by atoms with Crippen LogP contribution >= 0.6 is 0 Å². The summed E-state index contributed by atoms with van der Waals surface area (Å²) in [4.78, 5) is 24.8. The Morgan fingerprint density at radius 3 is 2.26 bits per heavy atom. The van der Waals surface area contributed by atoms with Crippen LogP contribution in [0.4, 0.5) is 4.79 Å². The smallest absolute Gasteiger partial charge is 0.407 e. The van der Waals surface area contributed by atoms with Crippen molar-refractivity contribution in [2.75, 3.05) is 13.2 Å². The summed E-state index contributed by atoms with van der Waals surface area (Å²) < 4.78 is 5.33. The first-order valence-corrected chi connectivity index (χ1v) is 11.7. The zero-order valence-electron chi connectivity index (χ0n) is 19.9. The number of carbonyl (C=O) groups excluding carboxylic acids is 2. The Balaban J connectivity index is 2.85. The Morgan fingerprint density at radius 1 is 1.13 bits per heavy atom. The highest BCUT2D eigenvalue weighted by molar-refractivity contribution is 5.85. The SMILES string of the molecule is CC(C)CCNC(=O)C(O)(CO)C[C@H](O)[C@H](CC1CCCCC1)NC(=O)OC(C)(C)C. The van der Waals surface area contributed by atoms with Gasteiger partial charge in [-0.2, -0.15) is 0 Å². The molecular weight excluding hydrogens is 400 g/mol. The number of carbonyl (C=O) groups is 2. The van der Waals surface area contributed by atoms with Crippen LogP contribution in [0, 0.1) is 11.8 Å². The maximum atomic E-state index is 12.5. The van der Waals surface area contributed by atoms with Crippen LogP contribution in [0.2, 0.25) is 0 Å². The second-order valence-corrected chi connectivity index (χ2v) is 10.4. The summed E-state index contributed by atoms with van der Waals surface area (Å²) in [5, 5.41) is 36.7. The lowest BCUT2D eigenvalue weighted by Crippen LogP contribution is -2.55. The molecule has 5 N–H and O–H groups in total. The van der Waals surface area contributed by atoms with Crippen LogP contribution in [0.3, 0.4) is 0 Å². The fourth-order valence-corrected chi connectivity index (χ4v) is 3.91. The van der Waals surface area contributed by atoms with Crippen LogP contribution in [0.15, 0.2) is 0 Å². The minimum absolute atomic E-state index is 0.338. The molecule has 0 aromatic carbocycles. The van der Waals surface area contributed by atoms with E-state index in [9.17, 15) is 24.9 Å². The van der Waals surface area contributed by atoms with E-state index in [4.69, 9.17) is 4.74 Å². The molecule has 0 aromatic rings. The summed E-state index contributed by atoms with van der Waals surface area (Å²) in [6.45, 7) is 8.86. The van der Waals surface area contributed by atoms with E-state index < -0.39 is 42.0 Å². The Bertz CT molecular complexity index is 557. The second-order valence-electron chi connectivity index (χ2n) is 10.4. The molecule has 1 aliphatic carbocycles. The van der Waals surface area contributed by atoms with Crippen molar-refractivity contribution in [3.05, 3.63) is 0 Å². The average Bonchev–Trinajstić information content (AvgIpc) is 2.66. The van der Waals surface area contributed by atoms with Gasteiger partial charge in [0.05, 0.1) is 18.8 Å². The van der Waals surface area contributed by atoms with Crippen LogP contribution in [0.1, 0.15) is 86.0 Å². The fraction of sp³-hybridized carbons (Fsp3) is 0.913. The van der Waals surface area contributed by atoms with E-state index in [1.165, 1.54) is 6.42 Å². The largest absolute Gasteiger partial charge is 0.444 e. The molecule has 1 saturated carbocycles. The molecule has 0 radical (unpaired) electrons. The predicted molar refractivity (Wildman–Crippen MR) is 119 cm³/mol. The Morgan fingerprint density at radius 2 is 1.74 bits per heavy atom. The standard InChI is InChI=1S/C23H44N2O6/c1-16(2)11-12-24-20(28)23(30,15-26)14-19(27)18(13-17-9-7-6-8-10-17)25-21(29)31-22(3,4)5/h16-19,26-27,30H,6-15H2,1-5H3,(H,24,28)(H,25,29)/t18-,19-,23?/m0/s1. The average molecular weight is 445 g/mol. The Labute approximate surface area is 187 Å². The lowest BCUT2D eigenvalue weighted by Gasteiger charge is -2.34. The molecule has 31 heavy (non-hydrogen) atoms. The van der Waals surface area contributed by atoms with Crippen molar-refractivity contribution < 1.29 is 29.6 Å². The van der Waals surface area contributed by atoms with Gasteiger partial charge in [0, 0.05) is 13.0 Å². The van der Waals surface area contributed by atoms with E-state index in [-0.39, 0.29) is 6.42 Å². The van der Waals surface area contributed by atoms with Crippen molar-refractivity contribution in [2.45, 2.75) is 109 Å². The van der Waals surface area contributed by atoms with Crippen molar-refractivity contribution >= 4 is 12.0 Å². The fourth-order valence-electron chi connectivity index (χ4n) is 3.91. The van der Waals surface area contributed by atoms with Gasteiger partial charge in [-0.05, 0) is 45.4 Å². The molecule has 1 rings (SSSR count). The Hall–Kier alpha value is -1.38. The molecule has 2 amide bonds. The molecule has 0 heterocycles. The van der Waals surface area contributed by atoms with Gasteiger partial charge in [-0.3, -0.25) is 4.79 Å². The molecule has 1 aliphatic rings. The summed E-state index contributed by atoms with van der Waals surface area (Å²) in [7, 11) is 0. The number of hydrogen-bond acceptors (Lipinski definition) is 6. The van der Waals surface area contributed by atoms with E-state index in [0.717, 1.165) is 32.1 Å². The van der Waals surface area contributed by atoms with Gasteiger partial charge in [-0.1, -0.05) is 46.0 Å². The quantitative estimate of drug-likeness (QED) is 0.333. The maximum Gasteiger partial charge on any atom is 0.407 e. The molecule has 0 bridgehead atoms. The maximum absolute atomic E-state index is 12.5. The highest BCUT2D eigenvalue weighted by Crippen LogP contribution is 2.29. The lowest BCUT2D eigenvalue weighted by atomic mass is 9.82. The van der Waals surface area contributed by atoms with Crippen molar-refractivity contribution in [2.24, 2.45) is 11.8 Å². The van der Waals surface area contributed by atoms with Gasteiger partial charge in [0.1, 0.15) is 5.60 Å². The molecule has 8 heteroatoms. The molecule has 0 aliphatic heterocycles. The van der Waals surface area contributed by atoms with E-state index in [1.54, 1.807) is 20.8 Å². The number of alkyl carbamates (subject to hydrolysis) is 1. The summed E-state index contributed by atoms with van der Waals surface area (Å²) in [5.74, 6) is -0.000166. The summed E-state index contributed by atoms with van der Waals surface area (Å²) in [5.41, 5.74) is -2.82. The summed E-state index contributed by atoms with van der Waals surface area (Å²) in [6.07, 6.45) is 4.44. The number of rotatable bonds is 11. The molecule has 8 nitrogen and oxygen atoms in total. The molecule has 1 fully saturated rings. The lowest BCUT2D eigenvalue weighted by molar-refractivity contribution is -0.148. The molecule has 1 unspecified atom stereocenters. The first-order chi connectivity index (χ1) is 14.4. The monoisotopic (exact) mass is 444 g/mol. The highest BCUT2D eigenvalue weighted by atomic mass is 16.6. The summed E-state index contributed by atoms with van der Waals surface area (Å²) in [6, 6.07) is -0.695. The van der Waals surface area contributed by atoms with E-state index >= 15 is 0 Å². The Kier molecular flexibility index (Phi) is 11.2. The summed E-state index contributed by atoms with van der Waals surface area (Å²) >= 11 is 0. The van der Waals surface area contributed by atoms with Gasteiger partial charge in [0.2, 0.25) is 0 Å². The van der Waals surface area contributed by atoms with Crippen molar-refractivity contribution in [1.82, 2.24) is 10.6 Å². The molecular formula is C23H44N2O6.